The first-order valence-electron chi connectivity index (χ1n) is 3.37. The molecular formula is C9H8O3. The standard InChI is InChI=1S/C9H8O3/c1-2-11-9(10)12-8-6-4-3-5-7-8/h2-7H,1H2. The second kappa shape index (κ2) is 4.18. The zero-order valence-electron chi connectivity index (χ0n) is 6.40. The summed E-state index contributed by atoms with van der Waals surface area (Å²) in [5, 5.41) is 0. The van der Waals surface area contributed by atoms with Gasteiger partial charge in [-0.2, -0.15) is 0 Å². The molecule has 1 aromatic rings. The Morgan fingerprint density at radius 2 is 2.00 bits per heavy atom. The second-order valence-electron chi connectivity index (χ2n) is 1.95. The van der Waals surface area contributed by atoms with Gasteiger partial charge in [-0.1, -0.05) is 24.8 Å². The fraction of sp³-hybridized carbons (Fsp3) is 0. The van der Waals surface area contributed by atoms with E-state index in [1.807, 2.05) is 6.07 Å². The second-order valence-corrected chi connectivity index (χ2v) is 1.95. The number of rotatable bonds is 2. The van der Waals surface area contributed by atoms with Crippen molar-refractivity contribution in [3.05, 3.63) is 43.2 Å². The van der Waals surface area contributed by atoms with Gasteiger partial charge in [0, 0.05) is 0 Å². The number of hydrogen-bond donors (Lipinski definition) is 0. The molecule has 0 bridgehead atoms. The van der Waals surface area contributed by atoms with E-state index in [2.05, 4.69) is 11.3 Å². The maximum atomic E-state index is 10.7. The molecule has 62 valence electrons. The molecule has 0 saturated heterocycles. The fourth-order valence-corrected chi connectivity index (χ4v) is 0.677. The molecule has 0 amide bonds. The largest absolute Gasteiger partial charge is 0.518 e. The molecule has 0 fully saturated rings. The number of ether oxygens (including phenoxy) is 2. The van der Waals surface area contributed by atoms with Gasteiger partial charge in [0.05, 0.1) is 6.26 Å². The van der Waals surface area contributed by atoms with Crippen molar-refractivity contribution >= 4 is 6.16 Å². The summed E-state index contributed by atoms with van der Waals surface area (Å²) in [7, 11) is 0. The third-order valence-electron chi connectivity index (χ3n) is 1.12. The van der Waals surface area contributed by atoms with E-state index < -0.39 is 6.16 Å². The minimum absolute atomic E-state index is 0.448. The van der Waals surface area contributed by atoms with E-state index in [1.54, 1.807) is 24.3 Å². The van der Waals surface area contributed by atoms with E-state index in [1.165, 1.54) is 0 Å². The Morgan fingerprint density at radius 1 is 1.33 bits per heavy atom. The Morgan fingerprint density at radius 3 is 2.58 bits per heavy atom. The lowest BCUT2D eigenvalue weighted by Gasteiger charge is -2.00. The normalized spacial score (nSPS) is 8.67. The number of carbonyl (C=O) groups excluding carboxylic acids is 1. The Bertz CT molecular complexity index is 266. The Balaban J connectivity index is 2.52. The minimum Gasteiger partial charge on any atom is -0.403 e. The van der Waals surface area contributed by atoms with E-state index in [0.717, 1.165) is 6.26 Å². The van der Waals surface area contributed by atoms with Gasteiger partial charge in [0.2, 0.25) is 0 Å². The van der Waals surface area contributed by atoms with Crippen LogP contribution in [0.1, 0.15) is 0 Å². The molecule has 0 atom stereocenters. The van der Waals surface area contributed by atoms with Gasteiger partial charge in [-0.3, -0.25) is 0 Å². The highest BCUT2D eigenvalue weighted by molar-refractivity contribution is 5.64. The molecule has 0 spiro atoms. The number of benzene rings is 1. The Hall–Kier alpha value is -1.77. The van der Waals surface area contributed by atoms with Crippen LogP contribution >= 0.6 is 0 Å². The highest BCUT2D eigenvalue weighted by atomic mass is 16.7. The molecule has 3 nitrogen and oxygen atoms in total. The van der Waals surface area contributed by atoms with Crippen molar-refractivity contribution in [1.82, 2.24) is 0 Å². The van der Waals surface area contributed by atoms with Crippen molar-refractivity contribution in [3.63, 3.8) is 0 Å². The highest BCUT2D eigenvalue weighted by Gasteiger charge is 2.01. The van der Waals surface area contributed by atoms with Gasteiger partial charge >= 0.3 is 6.16 Å². The number of carbonyl (C=O) groups is 1. The highest BCUT2D eigenvalue weighted by Crippen LogP contribution is 2.08. The van der Waals surface area contributed by atoms with Crippen molar-refractivity contribution in [2.24, 2.45) is 0 Å². The van der Waals surface area contributed by atoms with Crippen molar-refractivity contribution < 1.29 is 14.3 Å². The van der Waals surface area contributed by atoms with E-state index in [9.17, 15) is 4.79 Å². The smallest absolute Gasteiger partial charge is 0.403 e. The summed E-state index contributed by atoms with van der Waals surface area (Å²) in [6, 6.07) is 8.66. The van der Waals surface area contributed by atoms with Gasteiger partial charge in [0.15, 0.2) is 0 Å². The van der Waals surface area contributed by atoms with Gasteiger partial charge in [-0.15, -0.1) is 0 Å². The van der Waals surface area contributed by atoms with Gasteiger partial charge in [-0.05, 0) is 12.1 Å². The van der Waals surface area contributed by atoms with Crippen molar-refractivity contribution in [2.45, 2.75) is 0 Å². The molecule has 0 N–H and O–H groups in total. The van der Waals surface area contributed by atoms with Crippen LogP contribution in [0, 0.1) is 0 Å². The molecule has 0 aromatic heterocycles. The average molecular weight is 164 g/mol. The predicted octanol–water partition coefficient (Wildman–Crippen LogP) is 2.35. The predicted molar refractivity (Wildman–Crippen MR) is 43.7 cm³/mol. The molecule has 0 aliphatic carbocycles. The van der Waals surface area contributed by atoms with Crippen LogP contribution in [0.5, 0.6) is 5.75 Å². The zero-order chi connectivity index (χ0) is 8.81. The lowest BCUT2D eigenvalue weighted by Crippen LogP contribution is -2.06. The maximum Gasteiger partial charge on any atom is 0.518 e. The van der Waals surface area contributed by atoms with Gasteiger partial charge < -0.3 is 9.47 Å². The summed E-state index contributed by atoms with van der Waals surface area (Å²) in [4.78, 5) is 10.7. The van der Waals surface area contributed by atoms with Gasteiger partial charge in [0.25, 0.3) is 0 Å². The van der Waals surface area contributed by atoms with Crippen molar-refractivity contribution in [2.75, 3.05) is 0 Å². The third-order valence-corrected chi connectivity index (χ3v) is 1.12. The molecule has 1 aromatic carbocycles. The first-order valence-corrected chi connectivity index (χ1v) is 3.37. The van der Waals surface area contributed by atoms with Crippen LogP contribution in [0.25, 0.3) is 0 Å². The molecule has 0 aliphatic rings. The Labute approximate surface area is 70.2 Å². The molecule has 0 unspecified atom stereocenters. The van der Waals surface area contributed by atoms with Crippen LogP contribution in [-0.4, -0.2) is 6.16 Å². The SMILES string of the molecule is C=COC(=O)Oc1ccccc1. The summed E-state index contributed by atoms with van der Waals surface area (Å²) in [6.45, 7) is 3.22. The first kappa shape index (κ1) is 8.33. The fourth-order valence-electron chi connectivity index (χ4n) is 0.677. The van der Waals surface area contributed by atoms with Crippen LogP contribution in [0.4, 0.5) is 4.79 Å². The van der Waals surface area contributed by atoms with E-state index >= 15 is 0 Å². The monoisotopic (exact) mass is 164 g/mol. The molecule has 0 aliphatic heterocycles. The van der Waals surface area contributed by atoms with E-state index in [0.29, 0.717) is 5.75 Å². The summed E-state index contributed by atoms with van der Waals surface area (Å²) >= 11 is 0. The first-order chi connectivity index (χ1) is 5.83. The summed E-state index contributed by atoms with van der Waals surface area (Å²) in [5.41, 5.74) is 0. The van der Waals surface area contributed by atoms with Crippen LogP contribution < -0.4 is 4.74 Å². The van der Waals surface area contributed by atoms with Gasteiger partial charge in [0.1, 0.15) is 5.75 Å². The van der Waals surface area contributed by atoms with Crippen LogP contribution in [0.2, 0.25) is 0 Å². The van der Waals surface area contributed by atoms with Crippen LogP contribution in [0.3, 0.4) is 0 Å². The molecule has 0 radical (unpaired) electrons. The number of hydrogen-bond acceptors (Lipinski definition) is 3. The molecule has 0 saturated carbocycles. The van der Waals surface area contributed by atoms with E-state index in [4.69, 9.17) is 4.74 Å². The Kier molecular flexibility index (Phi) is 2.90. The lowest BCUT2D eigenvalue weighted by atomic mass is 10.3. The lowest BCUT2D eigenvalue weighted by molar-refractivity contribution is 0.136. The number of para-hydroxylation sites is 1. The van der Waals surface area contributed by atoms with Crippen LogP contribution in [-0.2, 0) is 4.74 Å². The topological polar surface area (TPSA) is 35.5 Å². The van der Waals surface area contributed by atoms with Gasteiger partial charge in [-0.25, -0.2) is 4.79 Å². The molecule has 1 rings (SSSR count). The van der Waals surface area contributed by atoms with Crippen LogP contribution in [0.15, 0.2) is 43.2 Å². The molecular weight excluding hydrogens is 156 g/mol. The minimum atomic E-state index is -0.781. The maximum absolute atomic E-state index is 10.7. The summed E-state index contributed by atoms with van der Waals surface area (Å²) in [5.74, 6) is 0.448. The van der Waals surface area contributed by atoms with Crippen molar-refractivity contribution in [3.8, 4) is 5.75 Å². The molecule has 12 heavy (non-hydrogen) atoms. The quantitative estimate of drug-likeness (QED) is 0.382. The zero-order valence-corrected chi connectivity index (χ0v) is 6.40. The van der Waals surface area contributed by atoms with Crippen molar-refractivity contribution in [1.29, 1.82) is 0 Å². The molecule has 0 heterocycles. The summed E-state index contributed by atoms with van der Waals surface area (Å²) in [6.07, 6.45) is 0.238. The average Bonchev–Trinajstić information content (AvgIpc) is 2.06. The third kappa shape index (κ3) is 2.46. The summed E-state index contributed by atoms with van der Waals surface area (Å²) < 4.78 is 9.07. The van der Waals surface area contributed by atoms with E-state index in [-0.39, 0.29) is 0 Å². The molecule has 3 heteroatoms.